The van der Waals surface area contributed by atoms with Gasteiger partial charge in [0.25, 0.3) is 0 Å². The Kier molecular flexibility index (Phi) is 5.90. The first-order valence-electron chi connectivity index (χ1n) is 10.4. The third-order valence-corrected chi connectivity index (χ3v) is 6.44. The van der Waals surface area contributed by atoms with Crippen molar-refractivity contribution < 1.29 is 9.80 Å². The molecule has 0 aliphatic carbocycles. The number of benzene rings is 2. The van der Waals surface area contributed by atoms with E-state index in [1.807, 2.05) is 35.9 Å². The summed E-state index contributed by atoms with van der Waals surface area (Å²) in [4.78, 5) is 3.27. The molecule has 1 aliphatic rings. The van der Waals surface area contributed by atoms with Crippen LogP contribution in [0, 0.1) is 6.92 Å². The van der Waals surface area contributed by atoms with Crippen LogP contribution in [0.2, 0.25) is 5.02 Å². The molecule has 0 unspecified atom stereocenters. The van der Waals surface area contributed by atoms with Crippen LogP contribution in [0.25, 0.3) is 16.8 Å². The molecule has 4 N–H and O–H groups in total. The van der Waals surface area contributed by atoms with Gasteiger partial charge in [-0.2, -0.15) is 5.10 Å². The second-order valence-electron chi connectivity index (χ2n) is 7.95. The van der Waals surface area contributed by atoms with E-state index >= 15 is 0 Å². The molecule has 0 spiro atoms. The van der Waals surface area contributed by atoms with E-state index in [4.69, 9.17) is 22.4 Å². The molecule has 2 heterocycles. The maximum atomic E-state index is 6.65. The number of likely N-dealkylation sites (N-methyl/N-ethyl adjacent to an activating group) is 1. The van der Waals surface area contributed by atoms with E-state index in [0.717, 1.165) is 39.6 Å². The van der Waals surface area contributed by atoms with Gasteiger partial charge in [0.15, 0.2) is 0 Å². The Labute approximate surface area is 177 Å². The highest BCUT2D eigenvalue weighted by Gasteiger charge is 2.26. The average molecular weight is 412 g/mol. The summed E-state index contributed by atoms with van der Waals surface area (Å²) in [7, 11) is 0. The predicted octanol–water partition coefficient (Wildman–Crippen LogP) is 1.39. The summed E-state index contributed by atoms with van der Waals surface area (Å²) < 4.78 is 1.84. The maximum Gasteiger partial charge on any atom is 0.135 e. The molecule has 1 aromatic heterocycles. The van der Waals surface area contributed by atoms with Crippen molar-refractivity contribution >= 4 is 17.4 Å². The molecule has 0 saturated carbocycles. The summed E-state index contributed by atoms with van der Waals surface area (Å²) in [6.45, 7) is 11.1. The molecular formula is C23H30ClN5+2. The quantitative estimate of drug-likeness (QED) is 0.594. The van der Waals surface area contributed by atoms with E-state index < -0.39 is 0 Å². The Morgan fingerprint density at radius 3 is 2.38 bits per heavy atom. The number of hydrogen-bond acceptors (Lipinski definition) is 2. The van der Waals surface area contributed by atoms with Gasteiger partial charge in [-0.1, -0.05) is 48.0 Å². The lowest BCUT2D eigenvalue weighted by Gasteiger charge is -2.28. The largest absolute Gasteiger partial charge is 0.383 e. The molecule has 152 valence electrons. The van der Waals surface area contributed by atoms with Gasteiger partial charge < -0.3 is 15.5 Å². The van der Waals surface area contributed by atoms with Crippen molar-refractivity contribution in [3.8, 4) is 16.8 Å². The number of hydrogen-bond donors (Lipinski definition) is 3. The van der Waals surface area contributed by atoms with Gasteiger partial charge >= 0.3 is 0 Å². The van der Waals surface area contributed by atoms with Crippen LogP contribution in [0.5, 0.6) is 0 Å². The van der Waals surface area contributed by atoms with Crippen molar-refractivity contribution in [3.63, 3.8) is 0 Å². The molecule has 0 bridgehead atoms. The lowest BCUT2D eigenvalue weighted by molar-refractivity contribution is -1.02. The summed E-state index contributed by atoms with van der Waals surface area (Å²) in [5.41, 5.74) is 11.8. The lowest BCUT2D eigenvalue weighted by Crippen LogP contribution is -3.27. The smallest absolute Gasteiger partial charge is 0.135 e. The average Bonchev–Trinajstić information content (AvgIpc) is 3.07. The van der Waals surface area contributed by atoms with E-state index in [-0.39, 0.29) is 0 Å². The number of nitrogens with two attached hydrogens (primary N) is 1. The van der Waals surface area contributed by atoms with E-state index in [2.05, 4.69) is 31.2 Å². The number of nitrogen functional groups attached to an aromatic ring is 1. The van der Waals surface area contributed by atoms with Gasteiger partial charge in [0.1, 0.15) is 44.2 Å². The third kappa shape index (κ3) is 4.17. The highest BCUT2D eigenvalue weighted by molar-refractivity contribution is 6.31. The number of nitrogens with zero attached hydrogens (tertiary/aromatic N) is 2. The fourth-order valence-corrected chi connectivity index (χ4v) is 4.33. The summed E-state index contributed by atoms with van der Waals surface area (Å²) in [6.07, 6.45) is 0. The first-order valence-corrected chi connectivity index (χ1v) is 10.8. The highest BCUT2D eigenvalue weighted by atomic mass is 35.5. The van der Waals surface area contributed by atoms with E-state index in [9.17, 15) is 0 Å². The molecule has 1 aliphatic heterocycles. The molecule has 5 nitrogen and oxygen atoms in total. The number of halogens is 1. The molecule has 1 fully saturated rings. The predicted molar refractivity (Wildman–Crippen MR) is 119 cm³/mol. The second kappa shape index (κ2) is 8.57. The van der Waals surface area contributed by atoms with Crippen LogP contribution in [0.4, 0.5) is 5.82 Å². The Morgan fingerprint density at radius 2 is 1.72 bits per heavy atom. The van der Waals surface area contributed by atoms with Crippen molar-refractivity contribution in [1.29, 1.82) is 0 Å². The van der Waals surface area contributed by atoms with Crippen molar-refractivity contribution in [2.45, 2.75) is 20.4 Å². The van der Waals surface area contributed by atoms with Gasteiger partial charge in [0.2, 0.25) is 0 Å². The molecule has 0 amide bonds. The van der Waals surface area contributed by atoms with Crippen LogP contribution in [-0.4, -0.2) is 42.5 Å². The minimum atomic E-state index is 0.670. The molecule has 1 saturated heterocycles. The Morgan fingerprint density at radius 1 is 1.03 bits per heavy atom. The van der Waals surface area contributed by atoms with Gasteiger partial charge in [0.05, 0.1) is 17.8 Å². The lowest BCUT2D eigenvalue weighted by atomic mass is 10.0. The summed E-state index contributed by atoms with van der Waals surface area (Å²) in [5.74, 6) is 0.670. The zero-order valence-corrected chi connectivity index (χ0v) is 18.0. The van der Waals surface area contributed by atoms with Gasteiger partial charge in [0, 0.05) is 5.02 Å². The van der Waals surface area contributed by atoms with Crippen LogP contribution in [0.1, 0.15) is 18.2 Å². The Hall–Kier alpha value is -2.34. The van der Waals surface area contributed by atoms with Gasteiger partial charge in [-0.15, -0.1) is 0 Å². The van der Waals surface area contributed by atoms with Gasteiger partial charge in [-0.3, -0.25) is 0 Å². The number of anilines is 1. The van der Waals surface area contributed by atoms with Crippen LogP contribution >= 0.6 is 11.6 Å². The molecular weight excluding hydrogens is 382 g/mol. The van der Waals surface area contributed by atoms with Gasteiger partial charge in [-0.05, 0) is 37.1 Å². The summed E-state index contributed by atoms with van der Waals surface area (Å²) in [5, 5.41) is 5.69. The van der Waals surface area contributed by atoms with E-state index in [1.54, 1.807) is 9.80 Å². The highest BCUT2D eigenvalue weighted by Crippen LogP contribution is 2.32. The zero-order valence-electron chi connectivity index (χ0n) is 17.2. The molecule has 0 atom stereocenters. The minimum absolute atomic E-state index is 0.670. The Bertz CT molecular complexity index is 974. The first-order chi connectivity index (χ1) is 14.1. The van der Waals surface area contributed by atoms with Crippen LogP contribution in [-0.2, 0) is 6.54 Å². The first kappa shape index (κ1) is 20.0. The van der Waals surface area contributed by atoms with Gasteiger partial charge in [-0.25, -0.2) is 4.68 Å². The maximum absolute atomic E-state index is 6.65. The number of aromatic nitrogens is 2. The monoisotopic (exact) mass is 411 g/mol. The van der Waals surface area contributed by atoms with Crippen LogP contribution in [0.15, 0.2) is 48.5 Å². The SMILES string of the molecule is CC[NH+]1CC[NH+](Cc2nn(-c3ccc(C)c(Cl)c3)c(N)c2-c2ccccc2)CC1. The standard InChI is InChI=1S/C23H28ClN5/c1-3-27-11-13-28(14-12-27)16-21-22(18-7-5-4-6-8-18)23(25)29(26-21)19-10-9-17(2)20(24)15-19/h4-10,15H,3,11-14,16,25H2,1-2H3/p+2. The van der Waals surface area contributed by atoms with E-state index in [0.29, 0.717) is 5.82 Å². The molecule has 29 heavy (non-hydrogen) atoms. The minimum Gasteiger partial charge on any atom is -0.383 e. The van der Waals surface area contributed by atoms with Crippen molar-refractivity contribution in [2.24, 2.45) is 0 Å². The molecule has 4 rings (SSSR count). The number of aryl methyl sites for hydroxylation is 1. The normalized spacial score (nSPS) is 19.4. The van der Waals surface area contributed by atoms with Crippen LogP contribution < -0.4 is 15.5 Å². The molecule has 2 aromatic carbocycles. The third-order valence-electron chi connectivity index (χ3n) is 6.04. The molecule has 3 aromatic rings. The molecule has 6 heteroatoms. The van der Waals surface area contributed by atoms with Crippen molar-refractivity contribution in [2.75, 3.05) is 38.5 Å². The van der Waals surface area contributed by atoms with E-state index in [1.165, 1.54) is 32.7 Å². The number of nitrogens with one attached hydrogen (secondary N) is 2. The summed E-state index contributed by atoms with van der Waals surface area (Å²) >= 11 is 6.37. The number of piperazine rings is 1. The van der Waals surface area contributed by atoms with Crippen molar-refractivity contribution in [1.82, 2.24) is 9.78 Å². The number of quaternary nitrogens is 2. The van der Waals surface area contributed by atoms with Crippen molar-refractivity contribution in [3.05, 3.63) is 64.8 Å². The fraction of sp³-hybridized carbons (Fsp3) is 0.348. The summed E-state index contributed by atoms with van der Waals surface area (Å²) in [6, 6.07) is 16.3. The van der Waals surface area contributed by atoms with Crippen LogP contribution in [0.3, 0.4) is 0 Å². The second-order valence-corrected chi connectivity index (χ2v) is 8.36. The topological polar surface area (TPSA) is 52.7 Å². The molecule has 0 radical (unpaired) electrons. The number of rotatable bonds is 5. The zero-order chi connectivity index (χ0) is 20.4. The fourth-order valence-electron chi connectivity index (χ4n) is 4.16. The Balaban J connectivity index is 1.72.